The van der Waals surface area contributed by atoms with Crippen LogP contribution in [0.2, 0.25) is 0 Å². The summed E-state index contributed by atoms with van der Waals surface area (Å²) in [6.45, 7) is 2.83. The number of nitrogens with two attached hydrogens (primary N) is 1. The number of hydrogen-bond donors (Lipinski definition) is 2. The van der Waals surface area contributed by atoms with E-state index in [0.29, 0.717) is 5.00 Å². The molecule has 4 nitrogen and oxygen atoms in total. The van der Waals surface area contributed by atoms with Crippen molar-refractivity contribution in [2.75, 3.05) is 17.7 Å². The molecule has 0 amide bonds. The Morgan fingerprint density at radius 3 is 2.71 bits per heavy atom. The Kier molecular flexibility index (Phi) is 3.82. The number of ether oxygens (including phenoxy) is 1. The van der Waals surface area contributed by atoms with Gasteiger partial charge in [-0.05, 0) is 30.7 Å². The number of thiazole rings is 1. The molecule has 0 bridgehead atoms. The van der Waals surface area contributed by atoms with Gasteiger partial charge in [0.15, 0.2) is 5.13 Å². The first-order valence-corrected chi connectivity index (χ1v) is 6.31. The molecule has 2 aromatic rings. The Morgan fingerprint density at radius 1 is 1.35 bits per heavy atom. The van der Waals surface area contributed by atoms with Gasteiger partial charge in [-0.1, -0.05) is 18.3 Å². The van der Waals surface area contributed by atoms with Crippen molar-refractivity contribution in [1.82, 2.24) is 4.98 Å². The number of nitrogens with zero attached hydrogens (tertiary/aromatic N) is 1. The number of aromatic nitrogens is 1. The lowest BCUT2D eigenvalue weighted by atomic mass is 10.3. The van der Waals surface area contributed by atoms with E-state index in [2.05, 4.69) is 17.2 Å². The molecule has 1 aromatic heterocycles. The maximum absolute atomic E-state index is 5.61. The lowest BCUT2D eigenvalue weighted by Gasteiger charge is -2.06. The van der Waals surface area contributed by atoms with E-state index in [1.165, 1.54) is 11.3 Å². The molecule has 5 heteroatoms. The third-order valence-corrected chi connectivity index (χ3v) is 2.84. The van der Waals surface area contributed by atoms with Crippen LogP contribution in [0.1, 0.15) is 13.3 Å². The first kappa shape index (κ1) is 11.7. The molecule has 0 fully saturated rings. The molecule has 0 saturated heterocycles. The van der Waals surface area contributed by atoms with E-state index in [4.69, 9.17) is 10.5 Å². The third-order valence-electron chi connectivity index (χ3n) is 2.10. The number of rotatable bonds is 5. The van der Waals surface area contributed by atoms with Gasteiger partial charge in [-0.25, -0.2) is 4.98 Å². The molecule has 17 heavy (non-hydrogen) atoms. The lowest BCUT2D eigenvalue weighted by molar-refractivity contribution is 0.317. The van der Waals surface area contributed by atoms with Gasteiger partial charge >= 0.3 is 0 Å². The van der Waals surface area contributed by atoms with E-state index < -0.39 is 0 Å². The summed E-state index contributed by atoms with van der Waals surface area (Å²) in [7, 11) is 0. The molecule has 0 saturated carbocycles. The summed E-state index contributed by atoms with van der Waals surface area (Å²) < 4.78 is 5.50. The van der Waals surface area contributed by atoms with Crippen LogP contribution in [0, 0.1) is 0 Å². The highest BCUT2D eigenvalue weighted by Crippen LogP contribution is 2.25. The lowest BCUT2D eigenvalue weighted by Crippen LogP contribution is -1.95. The van der Waals surface area contributed by atoms with E-state index in [9.17, 15) is 0 Å². The number of nitrogens with one attached hydrogen (secondary N) is 1. The Hall–Kier alpha value is -1.75. The fraction of sp³-hybridized carbons (Fsp3) is 0.250. The molecular weight excluding hydrogens is 234 g/mol. The molecule has 90 valence electrons. The number of nitrogen functional groups attached to an aromatic ring is 1. The topological polar surface area (TPSA) is 60.2 Å². The van der Waals surface area contributed by atoms with E-state index in [0.717, 1.165) is 29.6 Å². The van der Waals surface area contributed by atoms with E-state index in [1.807, 2.05) is 24.3 Å². The Balaban J connectivity index is 1.98. The Labute approximate surface area is 104 Å². The summed E-state index contributed by atoms with van der Waals surface area (Å²) in [5.74, 6) is 0.885. The van der Waals surface area contributed by atoms with Crippen molar-refractivity contribution in [2.24, 2.45) is 0 Å². The van der Waals surface area contributed by atoms with Gasteiger partial charge < -0.3 is 15.8 Å². The average molecular weight is 249 g/mol. The second kappa shape index (κ2) is 5.54. The summed E-state index contributed by atoms with van der Waals surface area (Å²) in [4.78, 5) is 4.13. The van der Waals surface area contributed by atoms with Crippen LogP contribution in [0.15, 0.2) is 30.5 Å². The average Bonchev–Trinajstić information content (AvgIpc) is 2.74. The Bertz CT molecular complexity index is 467. The quantitative estimate of drug-likeness (QED) is 0.854. The summed E-state index contributed by atoms with van der Waals surface area (Å²) >= 11 is 1.42. The van der Waals surface area contributed by atoms with Crippen molar-refractivity contribution in [2.45, 2.75) is 13.3 Å². The minimum Gasteiger partial charge on any atom is -0.494 e. The summed E-state index contributed by atoms with van der Waals surface area (Å²) in [5.41, 5.74) is 6.58. The van der Waals surface area contributed by atoms with Gasteiger partial charge in [0.25, 0.3) is 0 Å². The molecule has 0 atom stereocenters. The molecule has 1 heterocycles. The highest BCUT2D eigenvalue weighted by molar-refractivity contribution is 7.19. The van der Waals surface area contributed by atoms with Crippen molar-refractivity contribution in [3.63, 3.8) is 0 Å². The highest BCUT2D eigenvalue weighted by Gasteiger charge is 2.00. The van der Waals surface area contributed by atoms with Crippen LogP contribution in [0.5, 0.6) is 5.75 Å². The van der Waals surface area contributed by atoms with Crippen molar-refractivity contribution in [3.05, 3.63) is 30.5 Å². The largest absolute Gasteiger partial charge is 0.494 e. The van der Waals surface area contributed by atoms with Crippen molar-refractivity contribution in [3.8, 4) is 5.75 Å². The molecule has 2 rings (SSSR count). The van der Waals surface area contributed by atoms with Crippen LogP contribution in [0.25, 0.3) is 0 Å². The van der Waals surface area contributed by atoms with Gasteiger partial charge in [0.1, 0.15) is 10.8 Å². The summed E-state index contributed by atoms with van der Waals surface area (Å²) in [6, 6.07) is 7.80. The number of benzene rings is 1. The van der Waals surface area contributed by atoms with Gasteiger partial charge in [-0.3, -0.25) is 0 Å². The molecular formula is C12H15N3OS. The first-order chi connectivity index (χ1) is 8.28. The van der Waals surface area contributed by atoms with Crippen molar-refractivity contribution in [1.29, 1.82) is 0 Å². The van der Waals surface area contributed by atoms with Gasteiger partial charge in [0.05, 0.1) is 12.8 Å². The SMILES string of the molecule is CCCOc1ccc(Nc2ncc(N)s2)cc1. The van der Waals surface area contributed by atoms with E-state index >= 15 is 0 Å². The van der Waals surface area contributed by atoms with Crippen LogP contribution in [-0.2, 0) is 0 Å². The standard InChI is InChI=1S/C12H15N3OS/c1-2-7-16-10-5-3-9(4-6-10)15-12-14-8-11(13)17-12/h3-6,8H,2,7,13H2,1H3,(H,14,15). The molecule has 0 aliphatic carbocycles. The smallest absolute Gasteiger partial charge is 0.189 e. The highest BCUT2D eigenvalue weighted by atomic mass is 32.1. The zero-order valence-corrected chi connectivity index (χ0v) is 10.5. The minimum atomic E-state index is 0.704. The first-order valence-electron chi connectivity index (χ1n) is 5.49. The van der Waals surface area contributed by atoms with Crippen molar-refractivity contribution >= 4 is 27.2 Å². The minimum absolute atomic E-state index is 0.704. The molecule has 0 aliphatic heterocycles. The van der Waals surface area contributed by atoms with Gasteiger partial charge in [-0.2, -0.15) is 0 Å². The Morgan fingerprint density at radius 2 is 2.12 bits per heavy atom. The van der Waals surface area contributed by atoms with Crippen LogP contribution in [0.4, 0.5) is 15.8 Å². The van der Waals surface area contributed by atoms with Gasteiger partial charge in [0, 0.05) is 5.69 Å². The molecule has 3 N–H and O–H groups in total. The van der Waals surface area contributed by atoms with Crippen LogP contribution in [0.3, 0.4) is 0 Å². The molecule has 1 aromatic carbocycles. The number of hydrogen-bond acceptors (Lipinski definition) is 5. The molecule has 0 aliphatic rings. The predicted molar refractivity (Wildman–Crippen MR) is 72.0 cm³/mol. The normalized spacial score (nSPS) is 10.2. The van der Waals surface area contributed by atoms with Gasteiger partial charge in [0.2, 0.25) is 0 Å². The maximum atomic E-state index is 5.61. The second-order valence-electron chi connectivity index (χ2n) is 3.57. The summed E-state index contributed by atoms with van der Waals surface area (Å²) in [5, 5.41) is 4.68. The molecule has 0 unspecified atom stereocenters. The molecule has 0 spiro atoms. The second-order valence-corrected chi connectivity index (χ2v) is 4.63. The predicted octanol–water partition coefficient (Wildman–Crippen LogP) is 3.26. The monoisotopic (exact) mass is 249 g/mol. The number of anilines is 3. The fourth-order valence-electron chi connectivity index (χ4n) is 1.32. The van der Waals surface area contributed by atoms with Gasteiger partial charge in [-0.15, -0.1) is 0 Å². The van der Waals surface area contributed by atoms with Crippen LogP contribution < -0.4 is 15.8 Å². The third kappa shape index (κ3) is 3.35. The maximum Gasteiger partial charge on any atom is 0.189 e. The van der Waals surface area contributed by atoms with Crippen molar-refractivity contribution < 1.29 is 4.74 Å². The molecule has 0 radical (unpaired) electrons. The summed E-state index contributed by atoms with van der Waals surface area (Å²) in [6.07, 6.45) is 2.66. The van der Waals surface area contributed by atoms with E-state index in [-0.39, 0.29) is 0 Å². The van der Waals surface area contributed by atoms with Crippen LogP contribution >= 0.6 is 11.3 Å². The zero-order valence-electron chi connectivity index (χ0n) is 9.64. The van der Waals surface area contributed by atoms with Crippen LogP contribution in [-0.4, -0.2) is 11.6 Å². The fourth-order valence-corrected chi connectivity index (χ4v) is 1.93. The van der Waals surface area contributed by atoms with E-state index in [1.54, 1.807) is 6.20 Å². The zero-order chi connectivity index (χ0) is 12.1.